The second-order valence-electron chi connectivity index (χ2n) is 2.69. The molecule has 2 aromatic rings. The molecular formula is C9H7N5. The van der Waals surface area contributed by atoms with E-state index in [9.17, 15) is 0 Å². The summed E-state index contributed by atoms with van der Waals surface area (Å²) >= 11 is 0. The van der Waals surface area contributed by atoms with Crippen molar-refractivity contribution >= 4 is 16.9 Å². The lowest BCUT2D eigenvalue weighted by Gasteiger charge is -1.98. The van der Waals surface area contributed by atoms with Crippen molar-refractivity contribution in [3.05, 3.63) is 30.3 Å². The topological polar surface area (TPSA) is 80.5 Å². The number of nitrogens with zero attached hydrogens (tertiary/aromatic N) is 4. The van der Waals surface area contributed by atoms with Gasteiger partial charge in [-0.25, -0.2) is 0 Å². The Bertz CT molecular complexity index is 531. The number of hydrogen-bond acceptors (Lipinski definition) is 4. The Kier molecular flexibility index (Phi) is 1.88. The Balaban J connectivity index is 2.65. The first kappa shape index (κ1) is 8.26. The van der Waals surface area contributed by atoms with E-state index in [1.165, 1.54) is 10.8 Å². The molecule has 0 spiro atoms. The summed E-state index contributed by atoms with van der Waals surface area (Å²) in [6, 6.07) is 9.25. The van der Waals surface area contributed by atoms with E-state index < -0.39 is 0 Å². The molecule has 0 saturated carbocycles. The first-order valence-electron chi connectivity index (χ1n) is 3.99. The summed E-state index contributed by atoms with van der Waals surface area (Å²) in [7, 11) is 0. The van der Waals surface area contributed by atoms with E-state index in [4.69, 9.17) is 11.0 Å². The number of hydrogen-bond donors (Lipinski definition) is 1. The first-order valence-corrected chi connectivity index (χ1v) is 3.99. The van der Waals surface area contributed by atoms with Crippen LogP contribution in [0.1, 0.15) is 0 Å². The maximum atomic E-state index is 8.44. The molecule has 1 heterocycles. The highest BCUT2D eigenvalue weighted by Gasteiger charge is 2.04. The molecule has 2 rings (SSSR count). The van der Waals surface area contributed by atoms with Gasteiger partial charge in [0.1, 0.15) is 11.3 Å². The number of fused-ring (bicyclic) bond motifs is 1. The number of benzene rings is 1. The van der Waals surface area contributed by atoms with Gasteiger partial charge in [0.2, 0.25) is 0 Å². The van der Waals surface area contributed by atoms with E-state index in [1.54, 1.807) is 0 Å². The van der Waals surface area contributed by atoms with Gasteiger partial charge in [0.25, 0.3) is 0 Å². The summed E-state index contributed by atoms with van der Waals surface area (Å²) in [6.45, 7) is 0. The molecule has 0 aliphatic heterocycles. The van der Waals surface area contributed by atoms with Crippen LogP contribution in [0.15, 0.2) is 30.3 Å². The average Bonchev–Trinajstić information content (AvgIpc) is 2.61. The zero-order chi connectivity index (χ0) is 9.97. The molecular weight excluding hydrogens is 178 g/mol. The van der Waals surface area contributed by atoms with Crippen LogP contribution in [-0.2, 0) is 0 Å². The summed E-state index contributed by atoms with van der Waals surface area (Å²) in [6.07, 6.45) is 1.22. The van der Waals surface area contributed by atoms with Gasteiger partial charge in [0.15, 0.2) is 0 Å². The van der Waals surface area contributed by atoms with E-state index in [0.29, 0.717) is 0 Å². The molecule has 0 fully saturated rings. The molecule has 0 atom stereocenters. The van der Waals surface area contributed by atoms with Crippen molar-refractivity contribution < 1.29 is 0 Å². The lowest BCUT2D eigenvalue weighted by atomic mass is 10.3. The van der Waals surface area contributed by atoms with Crippen LogP contribution in [0, 0.1) is 11.3 Å². The van der Waals surface area contributed by atoms with Crippen molar-refractivity contribution in [2.24, 2.45) is 5.73 Å². The Hall–Kier alpha value is -2.35. The fourth-order valence-electron chi connectivity index (χ4n) is 1.19. The third-order valence-corrected chi connectivity index (χ3v) is 1.81. The van der Waals surface area contributed by atoms with Crippen LogP contribution in [0.3, 0.4) is 0 Å². The molecule has 68 valence electrons. The Morgan fingerprint density at radius 1 is 1.50 bits per heavy atom. The number of rotatable bonds is 1. The SMILES string of the molecule is N#CC=C(N)n1nnc2ccccc21. The number of aromatic nitrogens is 3. The largest absolute Gasteiger partial charge is 0.383 e. The standard InChI is InChI=1S/C9H7N5/c10-6-5-9(11)14-8-4-2-1-3-7(8)12-13-14/h1-5H,11H2. The van der Waals surface area contributed by atoms with E-state index in [2.05, 4.69) is 10.3 Å². The summed E-state index contributed by atoms with van der Waals surface area (Å²) in [5, 5.41) is 16.2. The highest BCUT2D eigenvalue weighted by atomic mass is 15.4. The normalized spacial score (nSPS) is 11.5. The van der Waals surface area contributed by atoms with Crippen LogP contribution in [-0.4, -0.2) is 15.0 Å². The quantitative estimate of drug-likeness (QED) is 0.663. The number of nitriles is 1. The predicted octanol–water partition coefficient (Wildman–Crippen LogP) is 0.712. The molecule has 2 N–H and O–H groups in total. The van der Waals surface area contributed by atoms with Crippen LogP contribution in [0.25, 0.3) is 16.9 Å². The summed E-state index contributed by atoms with van der Waals surface area (Å²) in [5.41, 5.74) is 7.16. The number of allylic oxidation sites excluding steroid dienone is 1. The molecule has 0 aliphatic rings. The minimum Gasteiger partial charge on any atom is -0.383 e. The van der Waals surface area contributed by atoms with E-state index in [1.807, 2.05) is 30.3 Å². The van der Waals surface area contributed by atoms with Crippen molar-refractivity contribution in [3.8, 4) is 6.07 Å². The fourth-order valence-corrected chi connectivity index (χ4v) is 1.19. The lowest BCUT2D eigenvalue weighted by Crippen LogP contribution is -2.07. The van der Waals surface area contributed by atoms with E-state index in [0.717, 1.165) is 11.0 Å². The third-order valence-electron chi connectivity index (χ3n) is 1.81. The molecule has 0 saturated heterocycles. The minimum atomic E-state index is 0.265. The fraction of sp³-hybridized carbons (Fsp3) is 0. The van der Waals surface area contributed by atoms with Crippen molar-refractivity contribution in [2.75, 3.05) is 0 Å². The molecule has 0 radical (unpaired) electrons. The summed E-state index contributed by atoms with van der Waals surface area (Å²) < 4.78 is 1.43. The first-order chi connectivity index (χ1) is 6.83. The van der Waals surface area contributed by atoms with Gasteiger partial charge < -0.3 is 5.73 Å². The third kappa shape index (κ3) is 1.19. The monoisotopic (exact) mass is 185 g/mol. The molecule has 1 aromatic carbocycles. The summed E-state index contributed by atoms with van der Waals surface area (Å²) in [4.78, 5) is 0. The Morgan fingerprint density at radius 3 is 3.07 bits per heavy atom. The van der Waals surface area contributed by atoms with Gasteiger partial charge in [-0.2, -0.15) is 9.94 Å². The van der Waals surface area contributed by atoms with E-state index >= 15 is 0 Å². The highest BCUT2D eigenvalue weighted by molar-refractivity contribution is 5.77. The Labute approximate surface area is 80.0 Å². The number of nitrogens with two attached hydrogens (primary N) is 1. The zero-order valence-electron chi connectivity index (χ0n) is 7.25. The molecule has 14 heavy (non-hydrogen) atoms. The smallest absolute Gasteiger partial charge is 0.137 e. The molecule has 0 unspecified atom stereocenters. The van der Waals surface area contributed by atoms with Gasteiger partial charge >= 0.3 is 0 Å². The van der Waals surface area contributed by atoms with Crippen molar-refractivity contribution in [3.63, 3.8) is 0 Å². The maximum Gasteiger partial charge on any atom is 0.137 e. The average molecular weight is 185 g/mol. The van der Waals surface area contributed by atoms with E-state index in [-0.39, 0.29) is 5.82 Å². The van der Waals surface area contributed by atoms with Gasteiger partial charge in [-0.15, -0.1) is 5.10 Å². The molecule has 0 amide bonds. The van der Waals surface area contributed by atoms with Crippen LogP contribution >= 0.6 is 0 Å². The van der Waals surface area contributed by atoms with Gasteiger partial charge in [-0.05, 0) is 12.1 Å². The molecule has 1 aromatic heterocycles. The zero-order valence-corrected chi connectivity index (χ0v) is 7.25. The van der Waals surface area contributed by atoms with Gasteiger partial charge in [-0.1, -0.05) is 17.3 Å². The molecule has 0 aliphatic carbocycles. The van der Waals surface area contributed by atoms with Crippen molar-refractivity contribution in [2.45, 2.75) is 0 Å². The highest BCUT2D eigenvalue weighted by Crippen LogP contribution is 2.11. The van der Waals surface area contributed by atoms with Crippen LogP contribution in [0.4, 0.5) is 0 Å². The second-order valence-corrected chi connectivity index (χ2v) is 2.69. The Morgan fingerprint density at radius 2 is 2.29 bits per heavy atom. The minimum absolute atomic E-state index is 0.265. The van der Waals surface area contributed by atoms with Crippen LogP contribution < -0.4 is 5.73 Å². The van der Waals surface area contributed by atoms with Crippen LogP contribution in [0.2, 0.25) is 0 Å². The van der Waals surface area contributed by atoms with Crippen molar-refractivity contribution in [1.82, 2.24) is 15.0 Å². The second kappa shape index (κ2) is 3.18. The number of para-hydroxylation sites is 1. The van der Waals surface area contributed by atoms with Gasteiger partial charge in [0.05, 0.1) is 17.7 Å². The maximum absolute atomic E-state index is 8.44. The molecule has 0 bridgehead atoms. The van der Waals surface area contributed by atoms with Crippen LogP contribution in [0.5, 0.6) is 0 Å². The van der Waals surface area contributed by atoms with Crippen molar-refractivity contribution in [1.29, 1.82) is 5.26 Å². The van der Waals surface area contributed by atoms with Gasteiger partial charge in [0, 0.05) is 0 Å². The van der Waals surface area contributed by atoms with Gasteiger partial charge in [-0.3, -0.25) is 0 Å². The predicted molar refractivity (Wildman–Crippen MR) is 51.6 cm³/mol. The molecule has 5 nitrogen and oxygen atoms in total. The molecule has 5 heteroatoms. The summed E-state index contributed by atoms with van der Waals surface area (Å²) in [5.74, 6) is 0.265. The lowest BCUT2D eigenvalue weighted by molar-refractivity contribution is 0.830.